The van der Waals surface area contributed by atoms with Gasteiger partial charge in [0.25, 0.3) is 5.91 Å². The van der Waals surface area contributed by atoms with Crippen LogP contribution in [0.1, 0.15) is 22.2 Å². The Kier molecular flexibility index (Phi) is 6.11. The summed E-state index contributed by atoms with van der Waals surface area (Å²) in [5.74, 6) is -0.550. The SMILES string of the molecule is C/C(=N\NC(=O)c1ccc(-c2nn[nH]n2)s1)c1csc(-c2ccc(OC(F)(F)F)cc2)c1O. The number of nitrogens with one attached hydrogen (secondary N) is 2. The van der Waals surface area contributed by atoms with Gasteiger partial charge in [-0.25, -0.2) is 5.43 Å². The highest BCUT2D eigenvalue weighted by molar-refractivity contribution is 7.17. The number of ether oxygens (including phenoxy) is 1. The second kappa shape index (κ2) is 8.99. The molecule has 33 heavy (non-hydrogen) atoms. The maximum absolute atomic E-state index is 12.4. The van der Waals surface area contributed by atoms with E-state index in [1.54, 1.807) is 24.4 Å². The molecule has 3 heterocycles. The summed E-state index contributed by atoms with van der Waals surface area (Å²) in [5, 5.41) is 29.8. The fourth-order valence-corrected chi connectivity index (χ4v) is 4.55. The Morgan fingerprint density at radius 2 is 1.97 bits per heavy atom. The van der Waals surface area contributed by atoms with Crippen LogP contribution in [0.15, 0.2) is 46.9 Å². The van der Waals surface area contributed by atoms with E-state index in [1.165, 1.54) is 23.5 Å². The molecule has 4 aromatic rings. The van der Waals surface area contributed by atoms with E-state index < -0.39 is 12.3 Å². The Hall–Kier alpha value is -3.78. The number of hydrazone groups is 1. The van der Waals surface area contributed by atoms with Gasteiger partial charge in [0, 0.05) is 5.38 Å². The number of aromatic hydroxyl groups is 1. The summed E-state index contributed by atoms with van der Waals surface area (Å²) in [4.78, 5) is 13.9. The van der Waals surface area contributed by atoms with E-state index in [4.69, 9.17) is 0 Å². The van der Waals surface area contributed by atoms with Crippen molar-refractivity contribution in [2.75, 3.05) is 0 Å². The number of tetrazole rings is 1. The number of carbonyl (C=O) groups is 1. The van der Waals surface area contributed by atoms with Crippen molar-refractivity contribution in [3.8, 4) is 32.6 Å². The molecular weight excluding hydrogens is 481 g/mol. The highest BCUT2D eigenvalue weighted by Gasteiger charge is 2.31. The van der Waals surface area contributed by atoms with Crippen LogP contribution in [0.4, 0.5) is 13.2 Å². The third-order valence-electron chi connectivity index (χ3n) is 4.23. The number of aromatic amines is 1. The molecule has 1 amide bonds. The van der Waals surface area contributed by atoms with Crippen LogP contribution in [0.3, 0.4) is 0 Å². The topological polar surface area (TPSA) is 125 Å². The standard InChI is InChI=1S/C19H13F3N6O3S2/c1-9(23-26-18(30)14-7-6-13(33-14)17-24-27-28-25-17)12-8-32-16(15(12)29)10-2-4-11(5-3-10)31-19(20,21)22/h2-8,29H,1H3,(H,26,30)(H,24,25,27,28)/b23-9+. The number of rotatable bonds is 6. The molecular formula is C19H13F3N6O3S2. The van der Waals surface area contributed by atoms with Crippen LogP contribution in [0.25, 0.3) is 21.1 Å². The van der Waals surface area contributed by atoms with E-state index in [1.807, 2.05) is 0 Å². The Bertz CT molecular complexity index is 1300. The number of alkyl halides is 3. The largest absolute Gasteiger partial charge is 0.573 e. The Morgan fingerprint density at radius 1 is 1.21 bits per heavy atom. The summed E-state index contributed by atoms with van der Waals surface area (Å²) >= 11 is 2.34. The number of nitrogens with zero attached hydrogens (tertiary/aromatic N) is 4. The summed E-state index contributed by atoms with van der Waals surface area (Å²) in [6.07, 6.45) is -4.78. The third-order valence-corrected chi connectivity index (χ3v) is 6.32. The summed E-state index contributed by atoms with van der Waals surface area (Å²) in [6.45, 7) is 1.60. The first-order valence-electron chi connectivity index (χ1n) is 9.06. The van der Waals surface area contributed by atoms with Gasteiger partial charge in [0.2, 0.25) is 5.82 Å². The number of hydrogen-bond donors (Lipinski definition) is 3. The van der Waals surface area contributed by atoms with Gasteiger partial charge in [0.1, 0.15) is 11.5 Å². The molecule has 9 nitrogen and oxygen atoms in total. The fourth-order valence-electron chi connectivity index (χ4n) is 2.72. The van der Waals surface area contributed by atoms with Crippen molar-refractivity contribution in [2.24, 2.45) is 5.10 Å². The lowest BCUT2D eigenvalue weighted by Crippen LogP contribution is -2.18. The Labute approximate surface area is 191 Å². The highest BCUT2D eigenvalue weighted by Crippen LogP contribution is 2.39. The van der Waals surface area contributed by atoms with Crippen LogP contribution in [0, 0.1) is 0 Å². The summed E-state index contributed by atoms with van der Waals surface area (Å²) < 4.78 is 40.8. The molecule has 3 N–H and O–H groups in total. The van der Waals surface area contributed by atoms with Gasteiger partial charge in [-0.1, -0.05) is 0 Å². The Balaban J connectivity index is 1.46. The van der Waals surface area contributed by atoms with Crippen LogP contribution in [-0.4, -0.2) is 43.7 Å². The van der Waals surface area contributed by atoms with Gasteiger partial charge < -0.3 is 9.84 Å². The Morgan fingerprint density at radius 3 is 2.64 bits per heavy atom. The van der Waals surface area contributed by atoms with Gasteiger partial charge in [0.15, 0.2) is 0 Å². The number of H-pyrrole nitrogens is 1. The normalized spacial score (nSPS) is 12.1. The zero-order chi connectivity index (χ0) is 23.6. The average Bonchev–Trinajstić information content (AvgIpc) is 3.51. The molecule has 0 spiro atoms. The molecule has 0 aliphatic rings. The van der Waals surface area contributed by atoms with Gasteiger partial charge in [-0.2, -0.15) is 10.3 Å². The van der Waals surface area contributed by atoms with Crippen LogP contribution in [-0.2, 0) is 0 Å². The lowest BCUT2D eigenvalue weighted by atomic mass is 10.1. The highest BCUT2D eigenvalue weighted by atomic mass is 32.1. The molecule has 0 atom stereocenters. The van der Waals surface area contributed by atoms with Crippen molar-refractivity contribution >= 4 is 34.3 Å². The number of halogens is 3. The maximum atomic E-state index is 12.4. The van der Waals surface area contributed by atoms with E-state index in [2.05, 4.69) is 35.9 Å². The molecule has 0 radical (unpaired) electrons. The quantitative estimate of drug-likeness (QED) is 0.269. The monoisotopic (exact) mass is 494 g/mol. The van der Waals surface area contributed by atoms with Crippen molar-refractivity contribution in [1.82, 2.24) is 26.0 Å². The molecule has 170 valence electrons. The van der Waals surface area contributed by atoms with Crippen molar-refractivity contribution < 1.29 is 27.8 Å². The van der Waals surface area contributed by atoms with E-state index >= 15 is 0 Å². The summed E-state index contributed by atoms with van der Waals surface area (Å²) in [6, 6.07) is 8.41. The minimum Gasteiger partial charge on any atom is -0.506 e. The fraction of sp³-hybridized carbons (Fsp3) is 0.105. The minimum absolute atomic E-state index is 0.101. The first-order valence-corrected chi connectivity index (χ1v) is 10.8. The third kappa shape index (κ3) is 5.18. The summed E-state index contributed by atoms with van der Waals surface area (Å²) in [5.41, 5.74) is 3.65. The number of hydrogen-bond acceptors (Lipinski definition) is 9. The van der Waals surface area contributed by atoms with Crippen LogP contribution >= 0.6 is 22.7 Å². The van der Waals surface area contributed by atoms with E-state index in [0.717, 1.165) is 23.5 Å². The molecule has 0 saturated carbocycles. The maximum Gasteiger partial charge on any atom is 0.573 e. The molecule has 3 aromatic heterocycles. The van der Waals surface area contributed by atoms with Crippen LogP contribution in [0.2, 0.25) is 0 Å². The van der Waals surface area contributed by atoms with Crippen LogP contribution in [0.5, 0.6) is 11.5 Å². The molecule has 1 aromatic carbocycles. The molecule has 4 rings (SSSR count). The average molecular weight is 494 g/mol. The predicted octanol–water partition coefficient (Wildman–Crippen LogP) is 4.41. The number of thiophene rings is 2. The molecule has 14 heteroatoms. The molecule has 0 aliphatic carbocycles. The minimum atomic E-state index is -4.78. The van der Waals surface area contributed by atoms with Crippen molar-refractivity contribution in [3.05, 3.63) is 52.2 Å². The lowest BCUT2D eigenvalue weighted by Gasteiger charge is -2.09. The molecule has 0 aliphatic heterocycles. The number of amides is 1. The second-order valence-corrected chi connectivity index (χ2v) is 8.40. The van der Waals surface area contributed by atoms with Gasteiger partial charge >= 0.3 is 6.36 Å². The number of benzene rings is 1. The first-order chi connectivity index (χ1) is 15.7. The zero-order valence-electron chi connectivity index (χ0n) is 16.5. The van der Waals surface area contributed by atoms with Crippen LogP contribution < -0.4 is 10.2 Å². The zero-order valence-corrected chi connectivity index (χ0v) is 18.2. The molecule has 0 bridgehead atoms. The van der Waals surface area contributed by atoms with E-state index in [-0.39, 0.29) is 11.5 Å². The first kappa shape index (κ1) is 22.4. The second-order valence-electron chi connectivity index (χ2n) is 6.44. The number of aromatic nitrogens is 4. The van der Waals surface area contributed by atoms with Crippen molar-refractivity contribution in [2.45, 2.75) is 13.3 Å². The van der Waals surface area contributed by atoms with Gasteiger partial charge in [-0.3, -0.25) is 4.79 Å². The van der Waals surface area contributed by atoms with E-state index in [9.17, 15) is 23.1 Å². The lowest BCUT2D eigenvalue weighted by molar-refractivity contribution is -0.274. The smallest absolute Gasteiger partial charge is 0.506 e. The number of carbonyl (C=O) groups excluding carboxylic acids is 1. The molecule has 0 unspecified atom stereocenters. The summed E-state index contributed by atoms with van der Waals surface area (Å²) in [7, 11) is 0. The van der Waals surface area contributed by atoms with Gasteiger partial charge in [-0.05, 0) is 54.1 Å². The van der Waals surface area contributed by atoms with Gasteiger partial charge in [-0.15, -0.1) is 46.0 Å². The van der Waals surface area contributed by atoms with Gasteiger partial charge in [0.05, 0.1) is 25.9 Å². The van der Waals surface area contributed by atoms with Crippen molar-refractivity contribution in [1.29, 1.82) is 0 Å². The van der Waals surface area contributed by atoms with Crippen molar-refractivity contribution in [3.63, 3.8) is 0 Å². The molecule has 0 fully saturated rings. The molecule has 0 saturated heterocycles. The van der Waals surface area contributed by atoms with E-state index in [0.29, 0.717) is 37.3 Å². The predicted molar refractivity (Wildman–Crippen MR) is 115 cm³/mol.